The number of hydrogen-bond acceptors (Lipinski definition) is 2. The van der Waals surface area contributed by atoms with Crippen molar-refractivity contribution in [1.82, 2.24) is 15.1 Å². The molecule has 4 nitrogen and oxygen atoms in total. The Kier molecular flexibility index (Phi) is 4.68. The Morgan fingerprint density at radius 2 is 1.21 bits per heavy atom. The van der Waals surface area contributed by atoms with Gasteiger partial charge in [0, 0.05) is 4.80 Å². The van der Waals surface area contributed by atoms with Crippen molar-refractivity contribution in [3.05, 3.63) is 91.0 Å². The lowest BCUT2D eigenvalue weighted by Crippen LogP contribution is -3.00. The fourth-order valence-corrected chi connectivity index (χ4v) is 2.46. The molecule has 0 aliphatic heterocycles. The summed E-state index contributed by atoms with van der Waals surface area (Å²) in [4.78, 5) is 1.66. The molecule has 118 valence electrons. The second kappa shape index (κ2) is 7.06. The zero-order valence-electron chi connectivity index (χ0n) is 12.8. The molecule has 0 radical (unpaired) electrons. The number of nitrogens with zero attached hydrogens (tertiary/aromatic N) is 4. The van der Waals surface area contributed by atoms with E-state index in [9.17, 15) is 0 Å². The molecule has 4 rings (SSSR count). The molecule has 0 spiro atoms. The fraction of sp³-hybridized carbons (Fsp3) is 0. The summed E-state index contributed by atoms with van der Waals surface area (Å²) in [6, 6.07) is 30.1. The Labute approximate surface area is 146 Å². The SMILES string of the molecule is [Cl-].c1ccc(-c2nn(-c3ccccc3)n[n+]2-c2ccccc2)cc1. The van der Waals surface area contributed by atoms with Crippen LogP contribution >= 0.6 is 0 Å². The van der Waals surface area contributed by atoms with Crippen LogP contribution in [-0.2, 0) is 0 Å². The van der Waals surface area contributed by atoms with Crippen LogP contribution in [-0.4, -0.2) is 15.1 Å². The fourth-order valence-electron chi connectivity index (χ4n) is 2.46. The first kappa shape index (κ1) is 15.9. The van der Waals surface area contributed by atoms with Gasteiger partial charge in [-0.15, -0.1) is 0 Å². The van der Waals surface area contributed by atoms with E-state index in [1.165, 1.54) is 0 Å². The Bertz CT molecular complexity index is 849. The van der Waals surface area contributed by atoms with E-state index in [2.05, 4.69) is 5.21 Å². The van der Waals surface area contributed by atoms with Gasteiger partial charge >= 0.3 is 5.82 Å². The number of para-hydroxylation sites is 2. The molecule has 3 aromatic carbocycles. The number of benzene rings is 3. The highest BCUT2D eigenvalue weighted by atomic mass is 35.5. The maximum Gasteiger partial charge on any atom is 0.335 e. The van der Waals surface area contributed by atoms with Crippen molar-refractivity contribution >= 4 is 0 Å². The lowest BCUT2D eigenvalue weighted by atomic mass is 10.2. The molecule has 0 aliphatic rings. The van der Waals surface area contributed by atoms with Gasteiger partial charge in [0.25, 0.3) is 0 Å². The van der Waals surface area contributed by atoms with Gasteiger partial charge < -0.3 is 12.4 Å². The van der Waals surface area contributed by atoms with E-state index in [0.717, 1.165) is 22.8 Å². The van der Waals surface area contributed by atoms with Crippen LogP contribution in [0.25, 0.3) is 22.8 Å². The molecule has 0 fully saturated rings. The zero-order chi connectivity index (χ0) is 15.5. The van der Waals surface area contributed by atoms with E-state index in [-0.39, 0.29) is 12.4 Å². The third-order valence-electron chi connectivity index (χ3n) is 3.58. The summed E-state index contributed by atoms with van der Waals surface area (Å²) in [5.41, 5.74) is 2.94. The first-order chi connectivity index (χ1) is 11.4. The van der Waals surface area contributed by atoms with Crippen LogP contribution in [0.4, 0.5) is 0 Å². The van der Waals surface area contributed by atoms with Crippen molar-refractivity contribution < 1.29 is 17.1 Å². The van der Waals surface area contributed by atoms with Crippen molar-refractivity contribution in [3.63, 3.8) is 0 Å². The minimum absolute atomic E-state index is 0. The molecule has 4 aromatic rings. The standard InChI is InChI=1S/C19H15N4.ClH/c1-4-10-16(11-5-1)19-20-23(18-14-8-3-9-15-18)21-22(19)17-12-6-2-7-13-17;/h1-15H;1H/q+1;/p-1. The zero-order valence-corrected chi connectivity index (χ0v) is 13.6. The molecule has 0 amide bonds. The topological polar surface area (TPSA) is 34.6 Å². The van der Waals surface area contributed by atoms with E-state index >= 15 is 0 Å². The van der Waals surface area contributed by atoms with Crippen LogP contribution in [0, 0.1) is 0 Å². The predicted molar refractivity (Wildman–Crippen MR) is 88.3 cm³/mol. The maximum atomic E-state index is 4.70. The highest BCUT2D eigenvalue weighted by Crippen LogP contribution is 2.14. The predicted octanol–water partition coefficient (Wildman–Crippen LogP) is 0.215. The molecule has 1 heterocycles. The highest BCUT2D eigenvalue weighted by molar-refractivity contribution is 5.51. The molecule has 0 saturated carbocycles. The molecule has 0 unspecified atom stereocenters. The van der Waals surface area contributed by atoms with Gasteiger partial charge in [-0.05, 0) is 36.4 Å². The first-order valence-electron chi connectivity index (χ1n) is 7.48. The van der Waals surface area contributed by atoms with Gasteiger partial charge in [-0.2, -0.15) is 0 Å². The van der Waals surface area contributed by atoms with Crippen LogP contribution in [0.15, 0.2) is 91.0 Å². The summed E-state index contributed by atoms with van der Waals surface area (Å²) in [5.74, 6) is 0.806. The second-order valence-corrected chi connectivity index (χ2v) is 5.15. The molecule has 5 heteroatoms. The van der Waals surface area contributed by atoms with Gasteiger partial charge in [-0.1, -0.05) is 59.3 Å². The summed E-state index contributed by atoms with van der Waals surface area (Å²) in [6.07, 6.45) is 0. The van der Waals surface area contributed by atoms with Crippen LogP contribution < -0.4 is 17.1 Å². The van der Waals surface area contributed by atoms with E-state index in [1.54, 1.807) is 4.80 Å². The van der Waals surface area contributed by atoms with Crippen molar-refractivity contribution in [3.8, 4) is 22.8 Å². The van der Waals surface area contributed by atoms with Crippen LogP contribution in [0.3, 0.4) is 0 Å². The van der Waals surface area contributed by atoms with Crippen LogP contribution in [0.1, 0.15) is 0 Å². The van der Waals surface area contributed by atoms with E-state index in [1.807, 2.05) is 95.7 Å². The average Bonchev–Trinajstić information content (AvgIpc) is 3.09. The molecule has 24 heavy (non-hydrogen) atoms. The molecule has 0 N–H and O–H groups in total. The summed E-state index contributed by atoms with van der Waals surface area (Å²) >= 11 is 0. The van der Waals surface area contributed by atoms with Crippen molar-refractivity contribution in [2.75, 3.05) is 0 Å². The van der Waals surface area contributed by atoms with Crippen molar-refractivity contribution in [2.45, 2.75) is 0 Å². The first-order valence-corrected chi connectivity index (χ1v) is 7.48. The normalized spacial score (nSPS) is 10.2. The molecule has 0 saturated heterocycles. The molecule has 1 aromatic heterocycles. The molecule has 0 atom stereocenters. The Morgan fingerprint density at radius 1 is 0.667 bits per heavy atom. The molecule has 0 aliphatic carbocycles. The minimum atomic E-state index is 0. The molecule has 0 bridgehead atoms. The van der Waals surface area contributed by atoms with E-state index in [0.29, 0.717) is 0 Å². The smallest absolute Gasteiger partial charge is 0.335 e. The van der Waals surface area contributed by atoms with Crippen LogP contribution in [0.2, 0.25) is 0 Å². The van der Waals surface area contributed by atoms with Gasteiger partial charge in [-0.25, -0.2) is 0 Å². The lowest BCUT2D eigenvalue weighted by molar-refractivity contribution is -0.651. The molecular formula is C19H15ClN4. The number of halogens is 1. The van der Waals surface area contributed by atoms with Gasteiger partial charge in [0.1, 0.15) is 5.69 Å². The van der Waals surface area contributed by atoms with Gasteiger partial charge in [0.05, 0.1) is 15.9 Å². The number of tetrazole rings is 1. The summed E-state index contributed by atoms with van der Waals surface area (Å²) in [6.45, 7) is 0. The van der Waals surface area contributed by atoms with Gasteiger partial charge in [0.2, 0.25) is 0 Å². The number of hydrogen-bond donors (Lipinski definition) is 0. The molecular weight excluding hydrogens is 320 g/mol. The Balaban J connectivity index is 0.00000169. The number of rotatable bonds is 3. The summed E-state index contributed by atoms with van der Waals surface area (Å²) in [7, 11) is 0. The van der Waals surface area contributed by atoms with E-state index < -0.39 is 0 Å². The third-order valence-corrected chi connectivity index (χ3v) is 3.58. The highest BCUT2D eigenvalue weighted by Gasteiger charge is 2.23. The second-order valence-electron chi connectivity index (χ2n) is 5.15. The van der Waals surface area contributed by atoms with Crippen molar-refractivity contribution in [1.29, 1.82) is 0 Å². The maximum absolute atomic E-state index is 4.70. The minimum Gasteiger partial charge on any atom is -1.00 e. The Morgan fingerprint density at radius 3 is 1.83 bits per heavy atom. The Hall–Kier alpha value is -2.98. The summed E-state index contributed by atoms with van der Waals surface area (Å²) in [5, 5.41) is 9.34. The monoisotopic (exact) mass is 334 g/mol. The van der Waals surface area contributed by atoms with Crippen LogP contribution in [0.5, 0.6) is 0 Å². The lowest BCUT2D eigenvalue weighted by Gasteiger charge is -1.96. The largest absolute Gasteiger partial charge is 1.00 e. The summed E-state index contributed by atoms with van der Waals surface area (Å²) < 4.78 is 1.86. The van der Waals surface area contributed by atoms with Gasteiger partial charge in [-0.3, -0.25) is 0 Å². The van der Waals surface area contributed by atoms with Crippen molar-refractivity contribution in [2.24, 2.45) is 0 Å². The average molecular weight is 335 g/mol. The quantitative estimate of drug-likeness (QED) is 0.502. The number of aromatic nitrogens is 4. The van der Waals surface area contributed by atoms with Gasteiger partial charge in [0.15, 0.2) is 5.69 Å². The van der Waals surface area contributed by atoms with E-state index in [4.69, 9.17) is 5.10 Å². The third kappa shape index (κ3) is 3.05.